The molecule has 1 aliphatic heterocycles. The minimum atomic E-state index is -0.0935. The van der Waals surface area contributed by atoms with E-state index in [2.05, 4.69) is 15.6 Å². The van der Waals surface area contributed by atoms with Crippen LogP contribution in [0.1, 0.15) is 21.5 Å². The molecular weight excluding hydrogens is 398 g/mol. The summed E-state index contributed by atoms with van der Waals surface area (Å²) in [4.78, 5) is 17.1. The Kier molecular flexibility index (Phi) is 4.94. The van der Waals surface area contributed by atoms with E-state index in [0.717, 1.165) is 38.0 Å². The predicted molar refractivity (Wildman–Crippen MR) is 117 cm³/mol. The van der Waals surface area contributed by atoms with Crippen molar-refractivity contribution in [2.24, 2.45) is 0 Å². The lowest BCUT2D eigenvalue weighted by atomic mass is 10.2. The maximum atomic E-state index is 12.5. The molecule has 0 unspecified atom stereocenters. The molecule has 2 N–H and O–H groups in total. The van der Waals surface area contributed by atoms with Crippen molar-refractivity contribution in [3.63, 3.8) is 0 Å². The van der Waals surface area contributed by atoms with Crippen LogP contribution < -0.4 is 20.1 Å². The Balaban J connectivity index is 1.25. The summed E-state index contributed by atoms with van der Waals surface area (Å²) in [5, 5.41) is 7.12. The van der Waals surface area contributed by atoms with E-state index < -0.39 is 0 Å². The van der Waals surface area contributed by atoms with Crippen molar-refractivity contribution in [1.29, 1.82) is 0 Å². The van der Waals surface area contributed by atoms with Crippen molar-refractivity contribution in [3.05, 3.63) is 83.4 Å². The summed E-state index contributed by atoms with van der Waals surface area (Å²) in [6.07, 6.45) is 0. The minimum Gasteiger partial charge on any atom is -0.454 e. The Morgan fingerprint density at radius 2 is 1.80 bits per heavy atom. The molecule has 0 saturated carbocycles. The Morgan fingerprint density at radius 3 is 2.70 bits per heavy atom. The van der Waals surface area contributed by atoms with Crippen molar-refractivity contribution >= 4 is 32.6 Å². The molecule has 7 heteroatoms. The molecule has 0 bridgehead atoms. The number of anilines is 1. The zero-order chi connectivity index (χ0) is 20.3. The third kappa shape index (κ3) is 3.92. The molecule has 0 aliphatic carbocycles. The van der Waals surface area contributed by atoms with Gasteiger partial charge < -0.3 is 20.1 Å². The van der Waals surface area contributed by atoms with Crippen molar-refractivity contribution in [3.8, 4) is 11.5 Å². The number of hydrogen-bond donors (Lipinski definition) is 2. The van der Waals surface area contributed by atoms with E-state index in [4.69, 9.17) is 9.47 Å². The van der Waals surface area contributed by atoms with Crippen LogP contribution in [0.3, 0.4) is 0 Å². The first kappa shape index (κ1) is 18.4. The molecule has 0 radical (unpaired) electrons. The fraction of sp³-hybridized carbons (Fsp3) is 0.130. The Hall–Kier alpha value is -3.58. The maximum Gasteiger partial charge on any atom is 0.251 e. The number of fused-ring (bicyclic) bond motifs is 2. The van der Waals surface area contributed by atoms with Gasteiger partial charge in [0.05, 0.1) is 10.2 Å². The van der Waals surface area contributed by atoms with Crippen molar-refractivity contribution in [1.82, 2.24) is 10.3 Å². The standard InChI is InChI=1S/C23H19N3O3S/c27-22(24-12-15-4-2-1-3-5-15)17-7-8-18-21(11-17)30-23(26-18)25-13-16-6-9-19-20(10-16)29-14-28-19/h1-11H,12-14H2,(H,24,27)(H,25,26). The Morgan fingerprint density at radius 1 is 0.933 bits per heavy atom. The number of nitrogens with zero attached hydrogens (tertiary/aromatic N) is 1. The molecule has 6 nitrogen and oxygen atoms in total. The Labute approximate surface area is 177 Å². The molecule has 1 amide bonds. The van der Waals surface area contributed by atoms with Gasteiger partial charge in [0.15, 0.2) is 16.6 Å². The molecular formula is C23H19N3O3S. The molecule has 0 fully saturated rings. The van der Waals surface area contributed by atoms with Gasteiger partial charge in [-0.1, -0.05) is 47.7 Å². The lowest BCUT2D eigenvalue weighted by Crippen LogP contribution is -2.22. The van der Waals surface area contributed by atoms with E-state index in [1.54, 1.807) is 0 Å². The van der Waals surface area contributed by atoms with E-state index >= 15 is 0 Å². The first-order valence-electron chi connectivity index (χ1n) is 9.60. The highest BCUT2D eigenvalue weighted by molar-refractivity contribution is 7.22. The smallest absolute Gasteiger partial charge is 0.251 e. The summed E-state index contributed by atoms with van der Waals surface area (Å²) in [5.41, 5.74) is 3.65. The minimum absolute atomic E-state index is 0.0935. The molecule has 0 atom stereocenters. The second-order valence-corrected chi connectivity index (χ2v) is 7.94. The molecule has 5 rings (SSSR count). The van der Waals surface area contributed by atoms with Crippen LogP contribution in [0, 0.1) is 0 Å². The molecule has 0 spiro atoms. The second kappa shape index (κ2) is 8.04. The average Bonchev–Trinajstić information content (AvgIpc) is 3.42. The van der Waals surface area contributed by atoms with Crippen LogP contribution in [0.25, 0.3) is 10.2 Å². The molecule has 30 heavy (non-hydrogen) atoms. The van der Waals surface area contributed by atoms with E-state index in [-0.39, 0.29) is 12.7 Å². The highest BCUT2D eigenvalue weighted by atomic mass is 32.1. The average molecular weight is 417 g/mol. The number of ether oxygens (including phenoxy) is 2. The molecule has 2 heterocycles. The second-order valence-electron chi connectivity index (χ2n) is 6.91. The van der Waals surface area contributed by atoms with Gasteiger partial charge in [0.1, 0.15) is 0 Å². The molecule has 1 aliphatic rings. The Bertz CT molecular complexity index is 1210. The number of benzene rings is 3. The molecule has 3 aromatic carbocycles. The highest BCUT2D eigenvalue weighted by Crippen LogP contribution is 2.33. The number of amides is 1. The third-order valence-electron chi connectivity index (χ3n) is 4.83. The zero-order valence-electron chi connectivity index (χ0n) is 16.1. The lowest BCUT2D eigenvalue weighted by Gasteiger charge is -2.05. The van der Waals surface area contributed by atoms with Crippen molar-refractivity contribution < 1.29 is 14.3 Å². The van der Waals surface area contributed by atoms with E-state index in [1.807, 2.05) is 66.7 Å². The fourth-order valence-electron chi connectivity index (χ4n) is 3.25. The first-order valence-corrected chi connectivity index (χ1v) is 10.4. The van der Waals surface area contributed by atoms with Gasteiger partial charge in [-0.15, -0.1) is 0 Å². The third-order valence-corrected chi connectivity index (χ3v) is 5.80. The van der Waals surface area contributed by atoms with Gasteiger partial charge in [-0.2, -0.15) is 0 Å². The number of rotatable bonds is 6. The number of thiazole rings is 1. The number of hydrogen-bond acceptors (Lipinski definition) is 6. The number of carbonyl (C=O) groups excluding carboxylic acids is 1. The van der Waals surface area contributed by atoms with Crippen LogP contribution in [0.15, 0.2) is 66.7 Å². The van der Waals surface area contributed by atoms with Crippen LogP contribution in [0.4, 0.5) is 5.13 Å². The SMILES string of the molecule is O=C(NCc1ccccc1)c1ccc2nc(NCc3ccc4c(c3)OCO4)sc2c1. The van der Waals surface area contributed by atoms with Crippen LogP contribution in [-0.2, 0) is 13.1 Å². The largest absolute Gasteiger partial charge is 0.454 e. The summed E-state index contributed by atoms with van der Waals surface area (Å²) < 4.78 is 11.7. The van der Waals surface area contributed by atoms with Gasteiger partial charge in [0.25, 0.3) is 5.91 Å². The van der Waals surface area contributed by atoms with E-state index in [0.29, 0.717) is 18.7 Å². The summed E-state index contributed by atoms with van der Waals surface area (Å²) in [5.74, 6) is 1.45. The number of nitrogens with one attached hydrogen (secondary N) is 2. The summed E-state index contributed by atoms with van der Waals surface area (Å²) in [6.45, 7) is 1.40. The zero-order valence-corrected chi connectivity index (χ0v) is 16.9. The van der Waals surface area contributed by atoms with E-state index in [9.17, 15) is 4.79 Å². The maximum absolute atomic E-state index is 12.5. The van der Waals surface area contributed by atoms with Gasteiger partial charge in [0.2, 0.25) is 6.79 Å². The number of carbonyl (C=O) groups is 1. The summed E-state index contributed by atoms with van der Waals surface area (Å²) in [7, 11) is 0. The molecule has 1 aromatic heterocycles. The van der Waals surface area contributed by atoms with Gasteiger partial charge in [-0.25, -0.2) is 4.98 Å². The quantitative estimate of drug-likeness (QED) is 0.481. The molecule has 4 aromatic rings. The van der Waals surface area contributed by atoms with Gasteiger partial charge >= 0.3 is 0 Å². The monoisotopic (exact) mass is 417 g/mol. The molecule has 0 saturated heterocycles. The van der Waals surface area contributed by atoms with Crippen LogP contribution in [0.2, 0.25) is 0 Å². The van der Waals surface area contributed by atoms with E-state index in [1.165, 1.54) is 11.3 Å². The van der Waals surface area contributed by atoms with Gasteiger partial charge in [-0.05, 0) is 41.5 Å². The number of aromatic nitrogens is 1. The lowest BCUT2D eigenvalue weighted by molar-refractivity contribution is 0.0951. The van der Waals surface area contributed by atoms with Crippen molar-refractivity contribution in [2.45, 2.75) is 13.1 Å². The topological polar surface area (TPSA) is 72.5 Å². The molecule has 150 valence electrons. The highest BCUT2D eigenvalue weighted by Gasteiger charge is 2.14. The van der Waals surface area contributed by atoms with Gasteiger partial charge in [0, 0.05) is 18.7 Å². The van der Waals surface area contributed by atoms with Crippen LogP contribution >= 0.6 is 11.3 Å². The van der Waals surface area contributed by atoms with Crippen molar-refractivity contribution in [2.75, 3.05) is 12.1 Å². The fourth-order valence-corrected chi connectivity index (χ4v) is 4.15. The van der Waals surface area contributed by atoms with Gasteiger partial charge in [-0.3, -0.25) is 4.79 Å². The summed E-state index contributed by atoms with van der Waals surface area (Å²) in [6, 6.07) is 21.3. The predicted octanol–water partition coefficient (Wildman–Crippen LogP) is 4.57. The first-order chi connectivity index (χ1) is 14.7. The normalized spacial score (nSPS) is 12.1. The summed E-state index contributed by atoms with van der Waals surface area (Å²) >= 11 is 1.53. The van der Waals surface area contributed by atoms with Crippen LogP contribution in [0.5, 0.6) is 11.5 Å². The van der Waals surface area contributed by atoms with Crippen LogP contribution in [-0.4, -0.2) is 17.7 Å².